The van der Waals surface area contributed by atoms with Crippen LogP contribution < -0.4 is 5.32 Å². The lowest BCUT2D eigenvalue weighted by molar-refractivity contribution is 0.0688. The Labute approximate surface area is 168 Å². The zero-order chi connectivity index (χ0) is 19.0. The van der Waals surface area contributed by atoms with Crippen molar-refractivity contribution in [2.24, 2.45) is 11.3 Å². The molecule has 2 aromatic rings. The zero-order valence-electron chi connectivity index (χ0n) is 16.8. The van der Waals surface area contributed by atoms with Gasteiger partial charge in [-0.2, -0.15) is 0 Å². The fraction of sp³-hybridized carbons (Fsp3) is 0.625. The first-order valence-corrected chi connectivity index (χ1v) is 11.2. The van der Waals surface area contributed by atoms with Crippen molar-refractivity contribution in [3.05, 3.63) is 42.1 Å². The van der Waals surface area contributed by atoms with E-state index < -0.39 is 0 Å². The molecule has 28 heavy (non-hydrogen) atoms. The second kappa shape index (κ2) is 7.74. The predicted octanol–water partition coefficient (Wildman–Crippen LogP) is 3.38. The van der Waals surface area contributed by atoms with Crippen LogP contribution >= 0.6 is 0 Å². The number of para-hydroxylation sites is 1. The Kier molecular flexibility index (Phi) is 5.12. The number of benzene rings is 1. The average Bonchev–Trinajstić information content (AvgIpc) is 3.10. The van der Waals surface area contributed by atoms with Gasteiger partial charge in [-0.05, 0) is 81.1 Å². The molecule has 3 fully saturated rings. The van der Waals surface area contributed by atoms with Crippen LogP contribution in [0.15, 0.2) is 36.5 Å². The zero-order valence-corrected chi connectivity index (χ0v) is 16.8. The molecule has 2 atom stereocenters. The molecule has 4 heteroatoms. The largest absolute Gasteiger partial charge is 0.391 e. The Bertz CT molecular complexity index is 801. The molecule has 1 aromatic carbocycles. The normalized spacial score (nSPS) is 28.9. The molecule has 0 bridgehead atoms. The third-order valence-corrected chi connectivity index (χ3v) is 7.85. The lowest BCUT2D eigenvalue weighted by Gasteiger charge is -2.45. The van der Waals surface area contributed by atoms with Crippen molar-refractivity contribution in [3.8, 4) is 0 Å². The van der Waals surface area contributed by atoms with Gasteiger partial charge in [0.2, 0.25) is 0 Å². The van der Waals surface area contributed by atoms with Crippen molar-refractivity contribution < 1.29 is 5.11 Å². The Balaban J connectivity index is 1.23. The van der Waals surface area contributed by atoms with Crippen LogP contribution in [0.3, 0.4) is 0 Å². The molecule has 1 spiro atoms. The molecule has 0 amide bonds. The summed E-state index contributed by atoms with van der Waals surface area (Å²) in [6, 6.07) is 11.2. The number of rotatable bonds is 3. The van der Waals surface area contributed by atoms with E-state index in [1.54, 1.807) is 0 Å². The van der Waals surface area contributed by atoms with Crippen molar-refractivity contribution in [1.29, 1.82) is 0 Å². The molecule has 1 aliphatic carbocycles. The van der Waals surface area contributed by atoms with Gasteiger partial charge in [0.05, 0.1) is 11.6 Å². The minimum atomic E-state index is -0.207. The molecule has 2 N–H and O–H groups in total. The van der Waals surface area contributed by atoms with Crippen LogP contribution in [-0.4, -0.2) is 53.3 Å². The van der Waals surface area contributed by atoms with Crippen LogP contribution in [0.25, 0.3) is 10.9 Å². The maximum absolute atomic E-state index is 10.8. The third kappa shape index (κ3) is 3.58. The standard InChI is InChI=1S/C24H33N3O/c28-23-17-27(20-5-8-24(9-6-20)10-13-25-14-11-24)16-19(23)15-18-7-12-26-22-4-2-1-3-21(18)22/h1-4,7,12,19-20,23,25,28H,5-6,8-11,13-17H2/t19-,23+/m1/s1. The third-order valence-electron chi connectivity index (χ3n) is 7.85. The number of piperidine rings is 1. The van der Waals surface area contributed by atoms with Gasteiger partial charge in [-0.3, -0.25) is 9.88 Å². The minimum absolute atomic E-state index is 0.207. The van der Waals surface area contributed by atoms with Crippen LogP contribution in [-0.2, 0) is 6.42 Å². The predicted molar refractivity (Wildman–Crippen MR) is 113 cm³/mol. The number of hydrogen-bond acceptors (Lipinski definition) is 4. The highest BCUT2D eigenvalue weighted by Crippen LogP contribution is 2.45. The van der Waals surface area contributed by atoms with Gasteiger partial charge < -0.3 is 10.4 Å². The van der Waals surface area contributed by atoms with Crippen LogP contribution in [0.5, 0.6) is 0 Å². The maximum atomic E-state index is 10.8. The highest BCUT2D eigenvalue weighted by Gasteiger charge is 2.41. The number of pyridine rings is 1. The molecule has 4 nitrogen and oxygen atoms in total. The smallest absolute Gasteiger partial charge is 0.0710 e. The van der Waals surface area contributed by atoms with E-state index in [0.29, 0.717) is 17.4 Å². The number of fused-ring (bicyclic) bond motifs is 1. The molecule has 0 unspecified atom stereocenters. The van der Waals surface area contributed by atoms with Crippen molar-refractivity contribution in [3.63, 3.8) is 0 Å². The van der Waals surface area contributed by atoms with Gasteiger partial charge in [0.1, 0.15) is 0 Å². The lowest BCUT2D eigenvalue weighted by atomic mass is 9.67. The summed E-state index contributed by atoms with van der Waals surface area (Å²) < 4.78 is 0. The molecule has 150 valence electrons. The number of nitrogens with one attached hydrogen (secondary N) is 1. The van der Waals surface area contributed by atoms with E-state index in [1.807, 2.05) is 12.3 Å². The lowest BCUT2D eigenvalue weighted by Crippen LogP contribution is -2.44. The summed E-state index contributed by atoms with van der Waals surface area (Å²) >= 11 is 0. The van der Waals surface area contributed by atoms with Crippen LogP contribution in [0.4, 0.5) is 0 Å². The molecule has 3 heterocycles. The van der Waals surface area contributed by atoms with Crippen molar-refractivity contribution >= 4 is 10.9 Å². The summed E-state index contributed by atoms with van der Waals surface area (Å²) in [5.74, 6) is 0.334. The first-order chi connectivity index (χ1) is 13.7. The summed E-state index contributed by atoms with van der Waals surface area (Å²) in [5.41, 5.74) is 3.01. The maximum Gasteiger partial charge on any atom is 0.0710 e. The van der Waals surface area contributed by atoms with Crippen molar-refractivity contribution in [2.75, 3.05) is 26.2 Å². The Morgan fingerprint density at radius 3 is 2.64 bits per heavy atom. The highest BCUT2D eigenvalue weighted by molar-refractivity contribution is 5.81. The number of likely N-dealkylation sites (tertiary alicyclic amines) is 1. The number of aromatic nitrogens is 1. The molecule has 0 radical (unpaired) electrons. The van der Waals surface area contributed by atoms with Gasteiger partial charge >= 0.3 is 0 Å². The fourth-order valence-electron chi connectivity index (χ4n) is 6.04. The minimum Gasteiger partial charge on any atom is -0.391 e. The van der Waals surface area contributed by atoms with Gasteiger partial charge in [-0.25, -0.2) is 0 Å². The summed E-state index contributed by atoms with van der Waals surface area (Å²) in [7, 11) is 0. The number of hydrogen-bond donors (Lipinski definition) is 2. The Hall–Kier alpha value is -1.49. The van der Waals surface area contributed by atoms with Gasteiger partial charge in [-0.15, -0.1) is 0 Å². The summed E-state index contributed by atoms with van der Waals surface area (Å²) in [6.45, 7) is 4.30. The van der Waals surface area contributed by atoms with Crippen LogP contribution in [0, 0.1) is 11.3 Å². The molecule has 5 rings (SSSR count). The monoisotopic (exact) mass is 379 g/mol. The van der Waals surface area contributed by atoms with E-state index in [2.05, 4.69) is 39.5 Å². The second-order valence-corrected chi connectivity index (χ2v) is 9.45. The summed E-state index contributed by atoms with van der Waals surface area (Å²) in [6.07, 6.45) is 10.8. The van der Waals surface area contributed by atoms with E-state index in [-0.39, 0.29) is 6.10 Å². The highest BCUT2D eigenvalue weighted by atomic mass is 16.3. The molecule has 2 saturated heterocycles. The van der Waals surface area contributed by atoms with E-state index in [4.69, 9.17) is 0 Å². The van der Waals surface area contributed by atoms with Crippen LogP contribution in [0.1, 0.15) is 44.1 Å². The molecule has 1 aromatic heterocycles. The van der Waals surface area contributed by atoms with Crippen LogP contribution in [0.2, 0.25) is 0 Å². The number of nitrogens with zero attached hydrogens (tertiary/aromatic N) is 2. The van der Waals surface area contributed by atoms with Gasteiger partial charge in [-0.1, -0.05) is 18.2 Å². The molecule has 1 saturated carbocycles. The van der Waals surface area contributed by atoms with Gasteiger partial charge in [0.25, 0.3) is 0 Å². The first-order valence-electron chi connectivity index (χ1n) is 11.2. The number of aliphatic hydroxyl groups is 1. The van der Waals surface area contributed by atoms with E-state index in [1.165, 1.54) is 62.6 Å². The second-order valence-electron chi connectivity index (χ2n) is 9.45. The number of β-amino-alcohol motifs (C(OH)–C–C–N with tert-alkyl or cyclic N) is 1. The summed E-state index contributed by atoms with van der Waals surface area (Å²) in [4.78, 5) is 7.09. The van der Waals surface area contributed by atoms with Crippen molar-refractivity contribution in [1.82, 2.24) is 15.2 Å². The quantitative estimate of drug-likeness (QED) is 0.858. The first kappa shape index (κ1) is 18.5. The van der Waals surface area contributed by atoms with Gasteiger partial charge in [0.15, 0.2) is 0 Å². The SMILES string of the molecule is O[C@H]1CN(C2CCC3(CCNCC3)CC2)C[C@H]1Cc1ccnc2ccccc12. The van der Waals surface area contributed by atoms with E-state index in [9.17, 15) is 5.11 Å². The molecule has 3 aliphatic rings. The van der Waals surface area contributed by atoms with E-state index >= 15 is 0 Å². The van der Waals surface area contributed by atoms with Crippen molar-refractivity contribution in [2.45, 2.75) is 57.1 Å². The number of aliphatic hydroxyl groups excluding tert-OH is 1. The average molecular weight is 380 g/mol. The van der Waals surface area contributed by atoms with E-state index in [0.717, 1.165) is 25.0 Å². The summed E-state index contributed by atoms with van der Waals surface area (Å²) in [5, 5.41) is 15.6. The Morgan fingerprint density at radius 1 is 1.04 bits per heavy atom. The topological polar surface area (TPSA) is 48.4 Å². The molecular weight excluding hydrogens is 346 g/mol. The van der Waals surface area contributed by atoms with Gasteiger partial charge in [0, 0.05) is 36.6 Å². The fourth-order valence-corrected chi connectivity index (χ4v) is 6.04. The Morgan fingerprint density at radius 2 is 1.82 bits per heavy atom. The molecule has 2 aliphatic heterocycles. The molecular formula is C24H33N3O.